The number of rotatable bonds is 3. The predicted molar refractivity (Wildman–Crippen MR) is 69.0 cm³/mol. The van der Waals surface area contributed by atoms with Gasteiger partial charge in [0.2, 0.25) is 0 Å². The van der Waals surface area contributed by atoms with E-state index in [1.165, 1.54) is 0 Å². The minimum absolute atomic E-state index is 0.0499. The second-order valence-electron chi connectivity index (χ2n) is 4.83. The van der Waals surface area contributed by atoms with Crippen molar-refractivity contribution in [3.05, 3.63) is 35.4 Å². The van der Waals surface area contributed by atoms with Crippen LogP contribution in [0.2, 0.25) is 0 Å². The number of nitrogens with zero attached hydrogens (tertiary/aromatic N) is 1. The molecule has 1 saturated heterocycles. The average Bonchev–Trinajstić information content (AvgIpc) is 2.42. The Morgan fingerprint density at radius 2 is 2.21 bits per heavy atom. The zero-order chi connectivity index (χ0) is 13.8. The van der Waals surface area contributed by atoms with Crippen molar-refractivity contribution in [1.29, 1.82) is 0 Å². The molecule has 1 aliphatic rings. The van der Waals surface area contributed by atoms with Gasteiger partial charge in [0, 0.05) is 19.1 Å². The van der Waals surface area contributed by atoms with Crippen LogP contribution in [-0.2, 0) is 0 Å². The molecular weight excluding hydrogens is 250 g/mol. The summed E-state index contributed by atoms with van der Waals surface area (Å²) in [6.45, 7) is 1.27. The van der Waals surface area contributed by atoms with Crippen molar-refractivity contribution in [1.82, 2.24) is 10.2 Å². The molecule has 1 aliphatic heterocycles. The Morgan fingerprint density at radius 1 is 1.42 bits per heavy atom. The van der Waals surface area contributed by atoms with Gasteiger partial charge in [-0.2, -0.15) is 0 Å². The average molecular weight is 268 g/mol. The number of hydrogen-bond acceptors (Lipinski definition) is 2. The third-order valence-electron chi connectivity index (χ3n) is 3.49. The van der Waals surface area contributed by atoms with Crippen LogP contribution in [0.3, 0.4) is 0 Å². The second-order valence-corrected chi connectivity index (χ2v) is 4.83. The molecule has 1 amide bonds. The van der Waals surface area contributed by atoms with Crippen LogP contribution in [0.1, 0.15) is 29.6 Å². The fourth-order valence-corrected chi connectivity index (χ4v) is 2.53. The van der Waals surface area contributed by atoms with Crippen LogP contribution in [0.15, 0.2) is 18.2 Å². The highest BCUT2D eigenvalue weighted by atomic mass is 19.1. The van der Waals surface area contributed by atoms with Crippen molar-refractivity contribution in [2.24, 2.45) is 0 Å². The second kappa shape index (κ2) is 6.10. The molecule has 0 saturated carbocycles. The molecule has 0 aliphatic carbocycles. The Kier molecular flexibility index (Phi) is 4.47. The molecule has 1 heterocycles. The van der Waals surface area contributed by atoms with E-state index in [1.807, 2.05) is 7.05 Å². The number of hydrogen-bond donors (Lipinski definition) is 1. The normalized spacial score (nSPS) is 19.5. The number of carbonyl (C=O) groups excluding carboxylic acids is 1. The van der Waals surface area contributed by atoms with Crippen LogP contribution in [0, 0.1) is 11.6 Å². The van der Waals surface area contributed by atoms with Crippen LogP contribution >= 0.6 is 0 Å². The highest BCUT2D eigenvalue weighted by Gasteiger charge is 2.28. The Labute approximate surface area is 111 Å². The number of piperidine rings is 1. The molecule has 5 heteroatoms. The largest absolute Gasteiger partial charge is 0.334 e. The smallest absolute Gasteiger partial charge is 0.257 e. The zero-order valence-electron chi connectivity index (χ0n) is 11.0. The molecule has 1 unspecified atom stereocenters. The number of carbonyl (C=O) groups is 1. The molecule has 3 nitrogen and oxygen atoms in total. The first-order valence-electron chi connectivity index (χ1n) is 6.54. The minimum Gasteiger partial charge on any atom is -0.334 e. The monoisotopic (exact) mass is 268 g/mol. The van der Waals surface area contributed by atoms with Gasteiger partial charge in [0.25, 0.3) is 5.91 Å². The highest BCUT2D eigenvalue weighted by molar-refractivity contribution is 5.94. The summed E-state index contributed by atoms with van der Waals surface area (Å²) < 4.78 is 26.8. The zero-order valence-corrected chi connectivity index (χ0v) is 11.0. The number of halogens is 2. The van der Waals surface area contributed by atoms with Crippen molar-refractivity contribution in [2.45, 2.75) is 25.3 Å². The molecule has 0 bridgehead atoms. The lowest BCUT2D eigenvalue weighted by Crippen LogP contribution is -2.48. The molecule has 2 rings (SSSR count). The SMILES string of the molecule is CNCC1CCCCN1C(=O)c1cc(F)ccc1F. The molecule has 104 valence electrons. The number of likely N-dealkylation sites (N-methyl/N-ethyl adjacent to an activating group) is 1. The third-order valence-corrected chi connectivity index (χ3v) is 3.49. The van der Waals surface area contributed by atoms with E-state index in [0.717, 1.165) is 37.5 Å². The van der Waals surface area contributed by atoms with Crippen LogP contribution in [0.5, 0.6) is 0 Å². The molecule has 1 fully saturated rings. The lowest BCUT2D eigenvalue weighted by molar-refractivity contribution is 0.0609. The molecule has 1 aromatic carbocycles. The molecule has 1 atom stereocenters. The summed E-state index contributed by atoms with van der Waals surface area (Å²) in [5.41, 5.74) is -0.178. The third kappa shape index (κ3) is 3.10. The van der Waals surface area contributed by atoms with Gasteiger partial charge in [-0.3, -0.25) is 4.79 Å². The molecular formula is C14H18F2N2O. The predicted octanol–water partition coefficient (Wildman–Crippen LogP) is 2.18. The van der Waals surface area contributed by atoms with Crippen LogP contribution < -0.4 is 5.32 Å². The van der Waals surface area contributed by atoms with Gasteiger partial charge >= 0.3 is 0 Å². The molecule has 0 aromatic heterocycles. The first-order chi connectivity index (χ1) is 9.13. The van der Waals surface area contributed by atoms with Gasteiger partial charge in [0.05, 0.1) is 5.56 Å². The topological polar surface area (TPSA) is 32.3 Å². The summed E-state index contributed by atoms with van der Waals surface area (Å²) in [7, 11) is 1.82. The van der Waals surface area contributed by atoms with Gasteiger partial charge in [0.1, 0.15) is 11.6 Å². The molecule has 19 heavy (non-hydrogen) atoms. The number of likely N-dealkylation sites (tertiary alicyclic amines) is 1. The maximum atomic E-state index is 13.7. The lowest BCUT2D eigenvalue weighted by atomic mass is 10.0. The van der Waals surface area contributed by atoms with E-state index in [4.69, 9.17) is 0 Å². The van der Waals surface area contributed by atoms with E-state index in [9.17, 15) is 13.6 Å². The summed E-state index contributed by atoms with van der Waals surface area (Å²) >= 11 is 0. The van der Waals surface area contributed by atoms with E-state index in [2.05, 4.69) is 5.32 Å². The fourth-order valence-electron chi connectivity index (χ4n) is 2.53. The van der Waals surface area contributed by atoms with E-state index in [-0.39, 0.29) is 11.6 Å². The molecule has 1 N–H and O–H groups in total. The molecule has 0 radical (unpaired) electrons. The Hall–Kier alpha value is -1.49. The minimum atomic E-state index is -0.666. The van der Waals surface area contributed by atoms with E-state index in [0.29, 0.717) is 13.1 Å². The van der Waals surface area contributed by atoms with Crippen LogP contribution in [-0.4, -0.2) is 37.0 Å². The van der Waals surface area contributed by atoms with Gasteiger partial charge in [-0.1, -0.05) is 0 Å². The number of benzene rings is 1. The van der Waals surface area contributed by atoms with Crippen molar-refractivity contribution in [2.75, 3.05) is 20.1 Å². The number of amides is 1. The highest BCUT2D eigenvalue weighted by Crippen LogP contribution is 2.21. The van der Waals surface area contributed by atoms with Crippen LogP contribution in [0.25, 0.3) is 0 Å². The summed E-state index contributed by atoms with van der Waals surface area (Å²) in [5, 5.41) is 3.04. The Morgan fingerprint density at radius 3 is 2.95 bits per heavy atom. The maximum Gasteiger partial charge on any atom is 0.257 e. The van der Waals surface area contributed by atoms with Gasteiger partial charge in [-0.15, -0.1) is 0 Å². The van der Waals surface area contributed by atoms with Gasteiger partial charge in [-0.05, 0) is 44.5 Å². The van der Waals surface area contributed by atoms with Crippen molar-refractivity contribution in [3.63, 3.8) is 0 Å². The lowest BCUT2D eigenvalue weighted by Gasteiger charge is -2.35. The fraction of sp³-hybridized carbons (Fsp3) is 0.500. The first-order valence-corrected chi connectivity index (χ1v) is 6.54. The van der Waals surface area contributed by atoms with Crippen LogP contribution in [0.4, 0.5) is 8.78 Å². The summed E-state index contributed by atoms with van der Waals surface area (Å²) in [4.78, 5) is 14.0. The van der Waals surface area contributed by atoms with Gasteiger partial charge < -0.3 is 10.2 Å². The van der Waals surface area contributed by atoms with Crippen molar-refractivity contribution < 1.29 is 13.6 Å². The maximum absolute atomic E-state index is 13.7. The van der Waals surface area contributed by atoms with Crippen molar-refractivity contribution in [3.8, 4) is 0 Å². The summed E-state index contributed by atoms with van der Waals surface area (Å²) in [5.74, 6) is -1.68. The van der Waals surface area contributed by atoms with Gasteiger partial charge in [-0.25, -0.2) is 8.78 Å². The quantitative estimate of drug-likeness (QED) is 0.911. The first kappa shape index (κ1) is 13.9. The van der Waals surface area contributed by atoms with Crippen molar-refractivity contribution >= 4 is 5.91 Å². The summed E-state index contributed by atoms with van der Waals surface area (Å²) in [6, 6.07) is 3.05. The summed E-state index contributed by atoms with van der Waals surface area (Å²) in [6.07, 6.45) is 2.86. The van der Waals surface area contributed by atoms with E-state index in [1.54, 1.807) is 4.90 Å². The standard InChI is InChI=1S/C14H18F2N2O/c1-17-9-11-4-2-3-7-18(11)14(19)12-8-10(15)5-6-13(12)16/h5-6,8,11,17H,2-4,7,9H2,1H3. The Bertz CT molecular complexity index is 463. The number of nitrogens with one attached hydrogen (secondary N) is 1. The molecule has 1 aromatic rings. The Balaban J connectivity index is 2.23. The van der Waals surface area contributed by atoms with Gasteiger partial charge in [0.15, 0.2) is 0 Å². The van der Waals surface area contributed by atoms with E-state index < -0.39 is 17.5 Å². The van der Waals surface area contributed by atoms with E-state index >= 15 is 0 Å². The molecule has 0 spiro atoms.